The minimum Gasteiger partial charge on any atom is -0.324 e. The molecular formula is C15H16N2O2. The Morgan fingerprint density at radius 2 is 1.95 bits per heavy atom. The lowest BCUT2D eigenvalue weighted by Crippen LogP contribution is -2.19. The van der Waals surface area contributed by atoms with Crippen molar-refractivity contribution in [3.63, 3.8) is 0 Å². The maximum atomic E-state index is 11.9. The third-order valence-corrected chi connectivity index (χ3v) is 2.98. The second-order valence-electron chi connectivity index (χ2n) is 4.52. The van der Waals surface area contributed by atoms with Crippen molar-refractivity contribution in [2.75, 3.05) is 5.32 Å². The van der Waals surface area contributed by atoms with E-state index in [9.17, 15) is 9.59 Å². The molecule has 1 heterocycles. The van der Waals surface area contributed by atoms with Gasteiger partial charge in [-0.05, 0) is 24.1 Å². The quantitative estimate of drug-likeness (QED) is 0.911. The standard InChI is InChI=1S/C15H16N2O2/c1-11-5-3-4-6-12(11)9-14(18)16-13-7-8-15(19)17(2)10-13/h3-8,10H,9H2,1-2H3,(H,16,18). The Morgan fingerprint density at radius 3 is 2.63 bits per heavy atom. The Kier molecular flexibility index (Phi) is 3.80. The molecule has 2 rings (SSSR count). The first kappa shape index (κ1) is 13.1. The third kappa shape index (κ3) is 3.31. The first-order valence-electron chi connectivity index (χ1n) is 6.07. The van der Waals surface area contributed by atoms with E-state index in [-0.39, 0.29) is 11.5 Å². The second kappa shape index (κ2) is 5.52. The molecule has 2 aromatic rings. The monoisotopic (exact) mass is 256 g/mol. The van der Waals surface area contributed by atoms with Crippen LogP contribution in [-0.2, 0) is 18.3 Å². The van der Waals surface area contributed by atoms with Gasteiger partial charge in [0, 0.05) is 19.3 Å². The van der Waals surface area contributed by atoms with Crippen LogP contribution in [-0.4, -0.2) is 10.5 Å². The lowest BCUT2D eigenvalue weighted by Gasteiger charge is -2.08. The number of aryl methyl sites for hydroxylation is 2. The van der Waals surface area contributed by atoms with Gasteiger partial charge in [-0.25, -0.2) is 0 Å². The molecule has 1 N–H and O–H groups in total. The molecule has 1 aromatic carbocycles. The average Bonchev–Trinajstić information content (AvgIpc) is 2.37. The van der Waals surface area contributed by atoms with Crippen molar-refractivity contribution >= 4 is 11.6 Å². The summed E-state index contributed by atoms with van der Waals surface area (Å²) in [6, 6.07) is 10.8. The van der Waals surface area contributed by atoms with Gasteiger partial charge in [-0.1, -0.05) is 24.3 Å². The predicted octanol–water partition coefficient (Wildman–Crippen LogP) is 1.87. The minimum absolute atomic E-state index is 0.0899. The van der Waals surface area contributed by atoms with E-state index in [2.05, 4.69) is 5.32 Å². The average molecular weight is 256 g/mol. The van der Waals surface area contributed by atoms with Crippen LogP contribution in [0.3, 0.4) is 0 Å². The van der Waals surface area contributed by atoms with Crippen molar-refractivity contribution < 1.29 is 4.79 Å². The smallest absolute Gasteiger partial charge is 0.250 e. The Hall–Kier alpha value is -2.36. The van der Waals surface area contributed by atoms with Crippen LogP contribution in [0.1, 0.15) is 11.1 Å². The summed E-state index contributed by atoms with van der Waals surface area (Å²) < 4.78 is 1.43. The van der Waals surface area contributed by atoms with Crippen LogP contribution in [0.4, 0.5) is 5.69 Å². The molecule has 4 nitrogen and oxygen atoms in total. The molecule has 0 bridgehead atoms. The highest BCUT2D eigenvalue weighted by Gasteiger charge is 2.06. The van der Waals surface area contributed by atoms with Gasteiger partial charge in [0.1, 0.15) is 0 Å². The number of pyridine rings is 1. The Balaban J connectivity index is 2.07. The van der Waals surface area contributed by atoms with Crippen LogP contribution in [0, 0.1) is 6.92 Å². The normalized spacial score (nSPS) is 10.2. The van der Waals surface area contributed by atoms with Crippen molar-refractivity contribution in [2.45, 2.75) is 13.3 Å². The summed E-state index contributed by atoms with van der Waals surface area (Å²) in [4.78, 5) is 23.2. The lowest BCUT2D eigenvalue weighted by atomic mass is 10.1. The molecule has 4 heteroatoms. The molecule has 19 heavy (non-hydrogen) atoms. The number of amides is 1. The van der Waals surface area contributed by atoms with Crippen molar-refractivity contribution in [2.24, 2.45) is 7.05 Å². The number of rotatable bonds is 3. The zero-order valence-corrected chi connectivity index (χ0v) is 11.0. The van der Waals surface area contributed by atoms with Gasteiger partial charge in [-0.3, -0.25) is 9.59 Å². The lowest BCUT2D eigenvalue weighted by molar-refractivity contribution is -0.115. The molecule has 0 radical (unpaired) electrons. The maximum absolute atomic E-state index is 11.9. The van der Waals surface area contributed by atoms with Gasteiger partial charge in [0.15, 0.2) is 0 Å². The number of anilines is 1. The summed E-state index contributed by atoms with van der Waals surface area (Å²) in [5.74, 6) is -0.0899. The maximum Gasteiger partial charge on any atom is 0.250 e. The summed E-state index contributed by atoms with van der Waals surface area (Å²) in [6.45, 7) is 1.98. The van der Waals surface area contributed by atoms with Crippen molar-refractivity contribution in [1.29, 1.82) is 0 Å². The molecule has 0 aliphatic heterocycles. The molecule has 0 atom stereocenters. The zero-order valence-electron chi connectivity index (χ0n) is 11.0. The van der Waals surface area contributed by atoms with Gasteiger partial charge in [-0.15, -0.1) is 0 Å². The van der Waals surface area contributed by atoms with E-state index in [0.717, 1.165) is 11.1 Å². The van der Waals surface area contributed by atoms with Crippen LogP contribution in [0.15, 0.2) is 47.4 Å². The number of carbonyl (C=O) groups excluding carboxylic acids is 1. The second-order valence-corrected chi connectivity index (χ2v) is 4.52. The first-order chi connectivity index (χ1) is 9.06. The molecule has 0 unspecified atom stereocenters. The Labute approximate surface area is 111 Å². The van der Waals surface area contributed by atoms with Crippen molar-refractivity contribution in [3.05, 3.63) is 64.1 Å². The molecular weight excluding hydrogens is 240 g/mol. The summed E-state index contributed by atoms with van der Waals surface area (Å²) in [5, 5.41) is 2.79. The molecule has 0 aliphatic rings. The summed E-state index contributed by atoms with van der Waals surface area (Å²) in [7, 11) is 1.65. The number of hydrogen-bond acceptors (Lipinski definition) is 2. The highest BCUT2D eigenvalue weighted by molar-refractivity contribution is 5.92. The van der Waals surface area contributed by atoms with Crippen LogP contribution in [0.25, 0.3) is 0 Å². The van der Waals surface area contributed by atoms with Gasteiger partial charge in [0.2, 0.25) is 11.5 Å². The van der Waals surface area contributed by atoms with E-state index in [1.54, 1.807) is 19.3 Å². The summed E-state index contributed by atoms with van der Waals surface area (Å²) in [5.41, 5.74) is 2.63. The van der Waals surface area contributed by atoms with Gasteiger partial charge in [0.05, 0.1) is 12.1 Å². The van der Waals surface area contributed by atoms with Crippen molar-refractivity contribution in [3.8, 4) is 0 Å². The third-order valence-electron chi connectivity index (χ3n) is 2.98. The van der Waals surface area contributed by atoms with Crippen LogP contribution in [0.2, 0.25) is 0 Å². The van der Waals surface area contributed by atoms with Crippen molar-refractivity contribution in [1.82, 2.24) is 4.57 Å². The van der Waals surface area contributed by atoms with E-state index < -0.39 is 0 Å². The molecule has 98 valence electrons. The largest absolute Gasteiger partial charge is 0.324 e. The fraction of sp³-hybridized carbons (Fsp3) is 0.200. The molecule has 0 fully saturated rings. The summed E-state index contributed by atoms with van der Waals surface area (Å²) >= 11 is 0. The predicted molar refractivity (Wildman–Crippen MR) is 75.2 cm³/mol. The molecule has 1 amide bonds. The molecule has 0 saturated heterocycles. The molecule has 1 aromatic heterocycles. The highest BCUT2D eigenvalue weighted by Crippen LogP contribution is 2.09. The number of carbonyl (C=O) groups is 1. The number of benzene rings is 1. The van der Waals surface area contributed by atoms with E-state index in [0.29, 0.717) is 12.1 Å². The first-order valence-corrected chi connectivity index (χ1v) is 6.07. The van der Waals surface area contributed by atoms with Gasteiger partial charge < -0.3 is 9.88 Å². The Morgan fingerprint density at radius 1 is 1.21 bits per heavy atom. The van der Waals surface area contributed by atoms with Gasteiger partial charge in [0.25, 0.3) is 0 Å². The van der Waals surface area contributed by atoms with Gasteiger partial charge >= 0.3 is 0 Å². The minimum atomic E-state index is -0.100. The van der Waals surface area contributed by atoms with E-state index in [1.165, 1.54) is 10.6 Å². The van der Waals surface area contributed by atoms with Crippen LogP contribution >= 0.6 is 0 Å². The topological polar surface area (TPSA) is 51.1 Å². The zero-order chi connectivity index (χ0) is 13.8. The fourth-order valence-electron chi connectivity index (χ4n) is 1.85. The molecule has 0 saturated carbocycles. The van der Waals surface area contributed by atoms with Gasteiger partial charge in [-0.2, -0.15) is 0 Å². The van der Waals surface area contributed by atoms with E-state index in [4.69, 9.17) is 0 Å². The Bertz CT molecular complexity index is 659. The number of aromatic nitrogens is 1. The van der Waals surface area contributed by atoms with E-state index >= 15 is 0 Å². The molecule has 0 spiro atoms. The molecule has 0 aliphatic carbocycles. The van der Waals surface area contributed by atoms with Crippen LogP contribution < -0.4 is 10.9 Å². The number of nitrogens with zero attached hydrogens (tertiary/aromatic N) is 1. The van der Waals surface area contributed by atoms with Crippen LogP contribution in [0.5, 0.6) is 0 Å². The number of nitrogens with one attached hydrogen (secondary N) is 1. The number of hydrogen-bond donors (Lipinski definition) is 1. The fourth-order valence-corrected chi connectivity index (χ4v) is 1.85. The summed E-state index contributed by atoms with van der Waals surface area (Å²) in [6.07, 6.45) is 1.94. The highest BCUT2D eigenvalue weighted by atomic mass is 16.1. The van der Waals surface area contributed by atoms with E-state index in [1.807, 2.05) is 31.2 Å². The SMILES string of the molecule is Cc1ccccc1CC(=O)Nc1ccc(=O)n(C)c1.